The van der Waals surface area contributed by atoms with Crippen LogP contribution in [0.3, 0.4) is 0 Å². The second-order valence-electron chi connectivity index (χ2n) is 8.87. The molecule has 14 heteroatoms. The number of carbonyl (C=O) groups is 1. The largest absolute Gasteiger partial charge is 0.481 e. The molecule has 0 spiro atoms. The Morgan fingerprint density at radius 3 is 2.50 bits per heavy atom. The summed E-state index contributed by atoms with van der Waals surface area (Å²) in [5.41, 5.74) is 8.67. The van der Waals surface area contributed by atoms with Crippen LogP contribution in [0.15, 0.2) is 40.9 Å². The van der Waals surface area contributed by atoms with Gasteiger partial charge in [0, 0.05) is 33.6 Å². The molecule has 1 unspecified atom stereocenters. The monoisotopic (exact) mass is 540 g/mol. The SMILES string of the molecule is Nc1cc(-c2nc(-c3ccc4[nH]c5c(c4c3)CCC5CC(=O)O)no2)ccc1OC(C(F)(F)F)C(F)(F)F. The van der Waals surface area contributed by atoms with Crippen molar-refractivity contribution in [3.63, 3.8) is 0 Å². The third kappa shape index (κ3) is 4.73. The van der Waals surface area contributed by atoms with Crippen LogP contribution in [0.2, 0.25) is 0 Å². The Morgan fingerprint density at radius 1 is 1.13 bits per heavy atom. The molecular weight excluding hydrogens is 522 g/mol. The molecule has 1 aliphatic carbocycles. The number of alkyl halides is 6. The van der Waals surface area contributed by atoms with Gasteiger partial charge in [-0.1, -0.05) is 5.16 Å². The molecule has 0 fully saturated rings. The van der Waals surface area contributed by atoms with E-state index in [0.717, 1.165) is 40.4 Å². The van der Waals surface area contributed by atoms with E-state index in [0.29, 0.717) is 18.4 Å². The Morgan fingerprint density at radius 2 is 1.84 bits per heavy atom. The smallest absolute Gasteiger partial charge is 0.434 e. The number of carboxylic acids is 1. The Balaban J connectivity index is 1.40. The summed E-state index contributed by atoms with van der Waals surface area (Å²) in [6.07, 6.45) is -14.0. The number of aryl methyl sites for hydroxylation is 1. The lowest BCUT2D eigenvalue weighted by molar-refractivity contribution is -0.299. The summed E-state index contributed by atoms with van der Waals surface area (Å²) in [7, 11) is 0. The van der Waals surface area contributed by atoms with Crippen LogP contribution in [0.25, 0.3) is 33.7 Å². The van der Waals surface area contributed by atoms with E-state index in [9.17, 15) is 31.1 Å². The first-order valence-corrected chi connectivity index (χ1v) is 11.2. The van der Waals surface area contributed by atoms with Gasteiger partial charge < -0.3 is 25.1 Å². The van der Waals surface area contributed by atoms with Gasteiger partial charge in [0.1, 0.15) is 5.75 Å². The number of ether oxygens (including phenoxy) is 1. The molecule has 0 amide bonds. The van der Waals surface area contributed by atoms with Gasteiger partial charge >= 0.3 is 18.3 Å². The zero-order valence-electron chi connectivity index (χ0n) is 19.2. The summed E-state index contributed by atoms with van der Waals surface area (Å²) in [5.74, 6) is -1.66. The third-order valence-corrected chi connectivity index (χ3v) is 6.29. The van der Waals surface area contributed by atoms with Gasteiger partial charge in [0.05, 0.1) is 12.1 Å². The van der Waals surface area contributed by atoms with Crippen molar-refractivity contribution >= 4 is 22.6 Å². The van der Waals surface area contributed by atoms with Gasteiger partial charge in [-0.15, -0.1) is 0 Å². The average Bonchev–Trinajstić information content (AvgIpc) is 3.52. The highest BCUT2D eigenvalue weighted by molar-refractivity contribution is 5.89. The van der Waals surface area contributed by atoms with Crippen molar-refractivity contribution in [3.8, 4) is 28.6 Å². The first-order chi connectivity index (χ1) is 17.8. The average molecular weight is 540 g/mol. The maximum Gasteiger partial charge on any atom is 0.434 e. The fourth-order valence-electron chi connectivity index (χ4n) is 4.60. The first-order valence-electron chi connectivity index (χ1n) is 11.2. The number of hydrogen-bond donors (Lipinski definition) is 3. The summed E-state index contributed by atoms with van der Waals surface area (Å²) in [5, 5.41) is 14.0. The number of aliphatic carboxylic acids is 1. The topological polar surface area (TPSA) is 127 Å². The zero-order chi connectivity index (χ0) is 27.4. The van der Waals surface area contributed by atoms with Gasteiger partial charge in [0.15, 0.2) is 0 Å². The van der Waals surface area contributed by atoms with Crippen LogP contribution < -0.4 is 10.5 Å². The summed E-state index contributed by atoms with van der Waals surface area (Å²) in [6, 6.07) is 8.45. The number of nitrogens with two attached hydrogens (primary N) is 1. The Kier molecular flexibility index (Phi) is 5.99. The second-order valence-corrected chi connectivity index (χ2v) is 8.87. The molecule has 4 N–H and O–H groups in total. The van der Waals surface area contributed by atoms with Crippen LogP contribution in [0.5, 0.6) is 5.75 Å². The minimum atomic E-state index is -5.69. The number of benzene rings is 2. The van der Waals surface area contributed by atoms with Gasteiger partial charge in [0.2, 0.25) is 5.82 Å². The highest BCUT2D eigenvalue weighted by Gasteiger charge is 2.59. The van der Waals surface area contributed by atoms with E-state index in [1.807, 2.05) is 6.07 Å². The van der Waals surface area contributed by atoms with E-state index in [2.05, 4.69) is 19.9 Å². The number of carboxylic acid groups (broad SMARTS) is 1. The lowest BCUT2D eigenvalue weighted by atomic mass is 10.0. The molecule has 200 valence electrons. The van der Waals surface area contributed by atoms with Crippen LogP contribution >= 0.6 is 0 Å². The van der Waals surface area contributed by atoms with Gasteiger partial charge in [-0.25, -0.2) is 0 Å². The van der Waals surface area contributed by atoms with Crippen molar-refractivity contribution in [1.29, 1.82) is 0 Å². The predicted molar refractivity (Wildman–Crippen MR) is 121 cm³/mol. The molecule has 2 heterocycles. The van der Waals surface area contributed by atoms with Crippen LogP contribution in [-0.4, -0.2) is 44.7 Å². The first kappa shape index (κ1) is 25.4. The molecule has 2 aromatic heterocycles. The molecule has 0 radical (unpaired) electrons. The van der Waals surface area contributed by atoms with Crippen LogP contribution in [0.1, 0.15) is 30.0 Å². The van der Waals surface area contributed by atoms with Gasteiger partial charge in [-0.3, -0.25) is 4.79 Å². The molecule has 8 nitrogen and oxygen atoms in total. The number of fused-ring (bicyclic) bond motifs is 3. The van der Waals surface area contributed by atoms with Crippen LogP contribution in [-0.2, 0) is 11.2 Å². The van der Waals surface area contributed by atoms with Crippen molar-refractivity contribution < 1.29 is 45.5 Å². The van der Waals surface area contributed by atoms with E-state index in [-0.39, 0.29) is 29.6 Å². The van der Waals surface area contributed by atoms with Crippen LogP contribution in [0, 0.1) is 0 Å². The summed E-state index contributed by atoms with van der Waals surface area (Å²) in [6.45, 7) is 0. The molecule has 0 saturated heterocycles. The molecule has 1 aliphatic rings. The zero-order valence-corrected chi connectivity index (χ0v) is 19.2. The molecule has 1 atom stereocenters. The molecule has 5 rings (SSSR count). The van der Waals surface area contributed by atoms with Crippen LogP contribution in [0.4, 0.5) is 32.0 Å². The number of aromatic nitrogens is 3. The number of nitrogen functional groups attached to an aromatic ring is 1. The van der Waals surface area contributed by atoms with E-state index in [4.69, 9.17) is 15.4 Å². The third-order valence-electron chi connectivity index (χ3n) is 6.29. The van der Waals surface area contributed by atoms with Crippen molar-refractivity contribution in [2.75, 3.05) is 5.73 Å². The van der Waals surface area contributed by atoms with E-state index in [1.54, 1.807) is 12.1 Å². The molecule has 38 heavy (non-hydrogen) atoms. The maximum absolute atomic E-state index is 12.8. The normalized spacial score (nSPS) is 15.8. The quantitative estimate of drug-likeness (QED) is 0.207. The highest BCUT2D eigenvalue weighted by Crippen LogP contribution is 2.41. The van der Waals surface area contributed by atoms with Crippen molar-refractivity contribution in [3.05, 3.63) is 47.7 Å². The number of halogens is 6. The Bertz CT molecular complexity index is 1510. The molecule has 0 aliphatic heterocycles. The van der Waals surface area contributed by atoms with Gasteiger partial charge in [-0.2, -0.15) is 31.3 Å². The predicted octanol–water partition coefficient (Wildman–Crippen LogP) is 5.84. The van der Waals surface area contributed by atoms with Crippen molar-refractivity contribution in [2.24, 2.45) is 0 Å². The summed E-state index contributed by atoms with van der Waals surface area (Å²) < 4.78 is 86.3. The fourth-order valence-corrected chi connectivity index (χ4v) is 4.60. The second kappa shape index (κ2) is 8.96. The number of hydrogen-bond acceptors (Lipinski definition) is 6. The lowest BCUT2D eigenvalue weighted by Gasteiger charge is -2.24. The Hall–Kier alpha value is -4.23. The van der Waals surface area contributed by atoms with Gasteiger partial charge in [0.25, 0.3) is 12.0 Å². The fraction of sp³-hybridized carbons (Fsp3) is 0.292. The molecule has 0 saturated carbocycles. The molecule has 0 bridgehead atoms. The molecule has 2 aromatic carbocycles. The number of aromatic amines is 1. The lowest BCUT2D eigenvalue weighted by Crippen LogP contribution is -2.46. The van der Waals surface area contributed by atoms with Crippen molar-refractivity contribution in [2.45, 2.75) is 43.6 Å². The van der Waals surface area contributed by atoms with E-state index >= 15 is 0 Å². The molecule has 4 aromatic rings. The number of nitrogens with zero attached hydrogens (tertiary/aromatic N) is 2. The Labute approximate surface area is 209 Å². The summed E-state index contributed by atoms with van der Waals surface area (Å²) >= 11 is 0. The highest BCUT2D eigenvalue weighted by atomic mass is 19.4. The number of nitrogens with one attached hydrogen (secondary N) is 1. The number of H-pyrrole nitrogens is 1. The van der Waals surface area contributed by atoms with E-state index < -0.39 is 35.9 Å². The molecular formula is C24H18F6N4O4. The maximum atomic E-state index is 12.8. The summed E-state index contributed by atoms with van der Waals surface area (Å²) in [4.78, 5) is 18.7. The van der Waals surface area contributed by atoms with Crippen molar-refractivity contribution in [1.82, 2.24) is 15.1 Å². The van der Waals surface area contributed by atoms with E-state index in [1.165, 1.54) is 0 Å². The number of rotatable bonds is 6. The van der Waals surface area contributed by atoms with Gasteiger partial charge in [-0.05, 0) is 54.8 Å². The minimum absolute atomic E-state index is 0.0287. The number of anilines is 1. The minimum Gasteiger partial charge on any atom is -0.481 e. The standard InChI is InChI=1S/C24H18F6N4O4/c25-23(26,27)22(24(28,29)30)37-17-6-3-12(8-15(17)31)21-33-20(34-38-21)11-2-5-16-14(7-11)13-4-1-10(9-18(35)36)19(13)32-16/h2-3,5-8,10,22,32H,1,4,9,31H2,(H,35,36).